The van der Waals surface area contributed by atoms with Crippen molar-refractivity contribution in [3.05, 3.63) is 90.3 Å². The third kappa shape index (κ3) is 4.09. The molecular weight excluding hydrogens is 444 g/mol. The molecule has 1 aromatic heterocycles. The molecule has 0 saturated carbocycles. The molecule has 3 aliphatic heterocycles. The zero-order valence-corrected chi connectivity index (χ0v) is 19.0. The number of nitrogens with one attached hydrogen (secondary N) is 1. The van der Waals surface area contributed by atoms with Gasteiger partial charge in [-0.15, -0.1) is 4.59 Å². The van der Waals surface area contributed by atoms with E-state index in [0.717, 1.165) is 36.2 Å². The van der Waals surface area contributed by atoms with Crippen molar-refractivity contribution in [3.63, 3.8) is 0 Å². The van der Waals surface area contributed by atoms with Gasteiger partial charge in [0.2, 0.25) is 17.6 Å². The monoisotopic (exact) mass is 469 g/mol. The molecule has 3 aliphatic rings. The number of likely N-dealkylation sites (tertiary alicyclic amines) is 1. The Balaban J connectivity index is 1.46. The molecule has 0 bridgehead atoms. The lowest BCUT2D eigenvalue weighted by Crippen LogP contribution is -2.53. The highest BCUT2D eigenvalue weighted by Gasteiger charge is 2.47. The molecular formula is C25H25N8O2+. The van der Waals surface area contributed by atoms with Gasteiger partial charge in [0, 0.05) is 24.5 Å². The minimum atomic E-state index is -0.321. The van der Waals surface area contributed by atoms with E-state index in [0.29, 0.717) is 17.9 Å². The van der Waals surface area contributed by atoms with Gasteiger partial charge in [-0.1, -0.05) is 6.58 Å². The fourth-order valence-corrected chi connectivity index (χ4v) is 4.56. The van der Waals surface area contributed by atoms with Gasteiger partial charge in [-0.25, -0.2) is 9.97 Å². The van der Waals surface area contributed by atoms with Crippen LogP contribution in [-0.2, 0) is 4.79 Å². The summed E-state index contributed by atoms with van der Waals surface area (Å²) in [5, 5.41) is 2.67. The Hall–Kier alpha value is -4.28. The molecule has 10 heteroatoms. The van der Waals surface area contributed by atoms with E-state index < -0.39 is 0 Å². The van der Waals surface area contributed by atoms with Crippen LogP contribution in [0.3, 0.4) is 0 Å². The topological polar surface area (TPSA) is 126 Å². The molecule has 5 rings (SSSR count). The molecule has 1 fully saturated rings. The van der Waals surface area contributed by atoms with E-state index in [1.54, 1.807) is 66.2 Å². The summed E-state index contributed by atoms with van der Waals surface area (Å²) in [4.78, 5) is 44.2. The van der Waals surface area contributed by atoms with Crippen LogP contribution in [-0.4, -0.2) is 55.9 Å². The van der Waals surface area contributed by atoms with Crippen LogP contribution in [0.25, 0.3) is 0 Å². The maximum Gasteiger partial charge on any atom is 0.264 e. The number of quaternary nitrogens is 1. The standard InChI is InChI=1S/C25H24N8O2/c1-2-21(34)32-14-4-3-6-19(32)22-20-16-27-13-15-33(20,26)23(30-22)17-7-9-18(10-8-17)24(35)31-25-28-11-5-12-29-25/h2,5,7-13,15-16,19H,1,3-4,6,14,26H2/p+1. The Labute approximate surface area is 202 Å². The van der Waals surface area contributed by atoms with Crippen molar-refractivity contribution >= 4 is 29.8 Å². The van der Waals surface area contributed by atoms with Crippen molar-refractivity contribution < 1.29 is 14.2 Å². The van der Waals surface area contributed by atoms with Crippen molar-refractivity contribution in [1.82, 2.24) is 14.9 Å². The number of amidine groups is 1. The quantitative estimate of drug-likeness (QED) is 0.395. The van der Waals surface area contributed by atoms with E-state index in [1.165, 1.54) is 6.08 Å². The predicted molar refractivity (Wildman–Crippen MR) is 132 cm³/mol. The lowest BCUT2D eigenvalue weighted by atomic mass is 9.98. The van der Waals surface area contributed by atoms with Crippen molar-refractivity contribution in [2.24, 2.45) is 15.8 Å². The first-order valence-corrected chi connectivity index (χ1v) is 11.4. The number of nitrogens with zero attached hydrogens (tertiary/aromatic N) is 6. The summed E-state index contributed by atoms with van der Waals surface area (Å²) in [5.74, 6) is 7.22. The van der Waals surface area contributed by atoms with E-state index in [1.807, 2.05) is 0 Å². The number of anilines is 1. The van der Waals surface area contributed by atoms with Gasteiger partial charge in [-0.2, -0.15) is 10.8 Å². The number of aromatic nitrogens is 2. The number of hydrogen-bond acceptors (Lipinski definition) is 7. The first-order chi connectivity index (χ1) is 17.0. The number of aliphatic imine (C=N–C) groups is 2. The number of carbonyl (C=O) groups excluding carboxylic acids is 2. The first-order valence-electron chi connectivity index (χ1n) is 11.4. The summed E-state index contributed by atoms with van der Waals surface area (Å²) in [6.07, 6.45) is 12.3. The first kappa shape index (κ1) is 22.5. The van der Waals surface area contributed by atoms with Crippen molar-refractivity contribution in [2.45, 2.75) is 25.3 Å². The fourth-order valence-electron chi connectivity index (χ4n) is 4.56. The van der Waals surface area contributed by atoms with Gasteiger partial charge < -0.3 is 4.90 Å². The summed E-state index contributed by atoms with van der Waals surface area (Å²) in [6, 6.07) is 8.48. The van der Waals surface area contributed by atoms with Crippen LogP contribution in [0.4, 0.5) is 5.95 Å². The van der Waals surface area contributed by atoms with Crippen LogP contribution in [0.15, 0.2) is 89.2 Å². The minimum absolute atomic E-state index is 0.123. The number of piperidine rings is 1. The number of rotatable bonds is 5. The highest BCUT2D eigenvalue weighted by molar-refractivity contribution is 6.05. The average Bonchev–Trinajstić information content (AvgIpc) is 3.21. The van der Waals surface area contributed by atoms with Crippen LogP contribution in [0, 0.1) is 0 Å². The van der Waals surface area contributed by atoms with E-state index in [2.05, 4.69) is 26.9 Å². The third-order valence-electron chi connectivity index (χ3n) is 6.30. The second-order valence-corrected chi connectivity index (χ2v) is 8.41. The molecule has 4 heterocycles. The number of fused-ring (bicyclic) bond motifs is 1. The second kappa shape index (κ2) is 9.16. The zero-order chi connectivity index (χ0) is 24.4. The maximum absolute atomic E-state index is 12.6. The Morgan fingerprint density at radius 2 is 1.94 bits per heavy atom. The molecule has 2 amide bonds. The van der Waals surface area contributed by atoms with Gasteiger partial charge in [0.15, 0.2) is 0 Å². The molecule has 35 heavy (non-hydrogen) atoms. The van der Waals surface area contributed by atoms with Gasteiger partial charge >= 0.3 is 0 Å². The number of carbonyl (C=O) groups is 2. The molecule has 1 aromatic carbocycles. The SMILES string of the molecule is C=CC(=O)N1CCCCC1C1=C2C=NC=C[N+]2(N)C(c2ccc(C(=O)Nc3ncccn3)cc2)=N1. The number of benzene rings is 1. The number of hydrogen-bond donors (Lipinski definition) is 2. The normalized spacial score (nSPS) is 23.1. The molecule has 2 unspecified atom stereocenters. The molecule has 10 nitrogen and oxygen atoms in total. The summed E-state index contributed by atoms with van der Waals surface area (Å²) >= 11 is 0. The summed E-state index contributed by atoms with van der Waals surface area (Å²) in [5.41, 5.74) is 2.65. The molecule has 2 atom stereocenters. The average molecular weight is 470 g/mol. The van der Waals surface area contributed by atoms with Crippen LogP contribution >= 0.6 is 0 Å². The molecule has 1 saturated heterocycles. The number of nitrogens with two attached hydrogens (primary N) is 1. The second-order valence-electron chi connectivity index (χ2n) is 8.41. The van der Waals surface area contributed by atoms with Crippen molar-refractivity contribution in [1.29, 1.82) is 0 Å². The van der Waals surface area contributed by atoms with Crippen LogP contribution in [0.2, 0.25) is 0 Å². The Bertz CT molecular complexity index is 1300. The van der Waals surface area contributed by atoms with Gasteiger partial charge in [0.05, 0.1) is 24.0 Å². The highest BCUT2D eigenvalue weighted by Crippen LogP contribution is 2.36. The lowest BCUT2D eigenvalue weighted by molar-refractivity contribution is -0.750. The maximum atomic E-state index is 12.6. The van der Waals surface area contributed by atoms with Crippen LogP contribution in [0.1, 0.15) is 35.2 Å². The van der Waals surface area contributed by atoms with Gasteiger partial charge in [-0.3, -0.25) is 19.9 Å². The van der Waals surface area contributed by atoms with Gasteiger partial charge in [0.25, 0.3) is 11.7 Å². The van der Waals surface area contributed by atoms with E-state index in [-0.39, 0.29) is 28.4 Å². The zero-order valence-electron chi connectivity index (χ0n) is 19.0. The molecule has 0 spiro atoms. The largest absolute Gasteiger partial charge is 0.330 e. The van der Waals surface area contributed by atoms with Crippen LogP contribution < -0.4 is 11.2 Å². The van der Waals surface area contributed by atoms with E-state index in [9.17, 15) is 9.59 Å². The molecule has 176 valence electrons. The molecule has 2 aromatic rings. The lowest BCUT2D eigenvalue weighted by Gasteiger charge is -2.35. The summed E-state index contributed by atoms with van der Waals surface area (Å²) in [7, 11) is 0. The number of amides is 2. The van der Waals surface area contributed by atoms with Gasteiger partial charge in [0.1, 0.15) is 11.9 Å². The Morgan fingerprint density at radius 1 is 1.17 bits per heavy atom. The van der Waals surface area contributed by atoms with Crippen molar-refractivity contribution in [3.8, 4) is 0 Å². The molecule has 0 radical (unpaired) electrons. The van der Waals surface area contributed by atoms with Crippen LogP contribution in [0.5, 0.6) is 0 Å². The Kier molecular flexibility index (Phi) is 5.89. The number of allylic oxidation sites excluding steroid dienone is 1. The Morgan fingerprint density at radius 3 is 2.69 bits per heavy atom. The minimum Gasteiger partial charge on any atom is -0.330 e. The summed E-state index contributed by atoms with van der Waals surface area (Å²) < 4.78 is -0.158. The smallest absolute Gasteiger partial charge is 0.264 e. The molecule has 0 aliphatic carbocycles. The van der Waals surface area contributed by atoms with E-state index in [4.69, 9.17) is 10.8 Å². The predicted octanol–water partition coefficient (Wildman–Crippen LogP) is 2.51. The molecule has 3 N–H and O–H groups in total. The third-order valence-corrected chi connectivity index (χ3v) is 6.30. The van der Waals surface area contributed by atoms with E-state index >= 15 is 0 Å². The fraction of sp³-hybridized carbons (Fsp3) is 0.200. The van der Waals surface area contributed by atoms with Gasteiger partial charge in [-0.05, 0) is 55.7 Å². The highest BCUT2D eigenvalue weighted by atomic mass is 16.2. The van der Waals surface area contributed by atoms with Crippen molar-refractivity contribution in [2.75, 3.05) is 11.9 Å². The summed E-state index contributed by atoms with van der Waals surface area (Å²) in [6.45, 7) is 4.30.